The van der Waals surface area contributed by atoms with Crippen LogP contribution in [0.4, 0.5) is 4.79 Å². The lowest BCUT2D eigenvalue weighted by molar-refractivity contribution is -0.139. The quantitative estimate of drug-likeness (QED) is 0.385. The van der Waals surface area contributed by atoms with E-state index in [1.54, 1.807) is 6.07 Å². The molecule has 1 aliphatic rings. The molecule has 0 atom stereocenters. The topological polar surface area (TPSA) is 135 Å². The first-order valence-corrected chi connectivity index (χ1v) is 8.82. The molecule has 1 aromatic heterocycles. The minimum atomic E-state index is -1.15. The fraction of sp³-hybridized carbons (Fsp3) is 0.158. The van der Waals surface area contributed by atoms with E-state index in [1.165, 1.54) is 37.5 Å². The van der Waals surface area contributed by atoms with Gasteiger partial charge in [0.2, 0.25) is 5.76 Å². The smallest absolute Gasteiger partial charge is 0.373 e. The van der Waals surface area contributed by atoms with Gasteiger partial charge in [-0.15, -0.1) is 0 Å². The number of ether oxygens (including phenoxy) is 2. The number of aliphatic carboxylic acids is 1. The Hall–Kier alpha value is -3.79. The Labute approximate surface area is 174 Å². The van der Waals surface area contributed by atoms with E-state index < -0.39 is 30.5 Å². The van der Waals surface area contributed by atoms with Crippen LogP contribution in [0.2, 0.25) is 5.02 Å². The first-order valence-electron chi connectivity index (χ1n) is 8.44. The molecule has 11 heteroatoms. The van der Waals surface area contributed by atoms with E-state index in [9.17, 15) is 19.2 Å². The van der Waals surface area contributed by atoms with Crippen molar-refractivity contribution in [2.45, 2.75) is 6.54 Å². The first-order chi connectivity index (χ1) is 14.3. The summed E-state index contributed by atoms with van der Waals surface area (Å²) >= 11 is 6.06. The molecule has 1 fully saturated rings. The fourth-order valence-corrected chi connectivity index (χ4v) is 2.82. The second kappa shape index (κ2) is 8.70. The zero-order chi connectivity index (χ0) is 21.8. The number of hydrogen-bond donors (Lipinski definition) is 2. The Morgan fingerprint density at radius 3 is 2.70 bits per heavy atom. The Morgan fingerprint density at radius 2 is 2.03 bits per heavy atom. The van der Waals surface area contributed by atoms with Gasteiger partial charge in [0, 0.05) is 0 Å². The third-order valence-electron chi connectivity index (χ3n) is 3.94. The normalized spacial score (nSPS) is 14.7. The summed E-state index contributed by atoms with van der Waals surface area (Å²) in [6.45, 7) is -0.726. The van der Waals surface area contributed by atoms with Crippen LogP contribution in [0.5, 0.6) is 5.75 Å². The minimum absolute atomic E-state index is 0.00928. The number of nitrogens with zero attached hydrogens (tertiary/aromatic N) is 1. The van der Waals surface area contributed by atoms with Crippen LogP contribution in [0.1, 0.15) is 21.9 Å². The molecule has 3 amide bonds. The van der Waals surface area contributed by atoms with Crippen LogP contribution in [0.15, 0.2) is 40.4 Å². The molecule has 10 nitrogen and oxygen atoms in total. The summed E-state index contributed by atoms with van der Waals surface area (Å²) in [5, 5.41) is 11.2. The zero-order valence-corrected chi connectivity index (χ0v) is 16.3. The molecule has 30 heavy (non-hydrogen) atoms. The molecule has 0 aliphatic carbocycles. The summed E-state index contributed by atoms with van der Waals surface area (Å²) in [6, 6.07) is 6.65. The molecule has 2 heterocycles. The van der Waals surface area contributed by atoms with Gasteiger partial charge in [0.05, 0.1) is 18.7 Å². The van der Waals surface area contributed by atoms with Gasteiger partial charge in [0.15, 0.2) is 6.61 Å². The monoisotopic (exact) mass is 434 g/mol. The lowest BCUT2D eigenvalue weighted by Crippen LogP contribution is -2.30. The molecule has 1 aliphatic heterocycles. The van der Waals surface area contributed by atoms with Gasteiger partial charge in [-0.05, 0) is 35.9 Å². The molecule has 2 N–H and O–H groups in total. The van der Waals surface area contributed by atoms with Crippen LogP contribution in [0.3, 0.4) is 0 Å². The van der Waals surface area contributed by atoms with Crippen LogP contribution < -0.4 is 10.1 Å². The van der Waals surface area contributed by atoms with Crippen molar-refractivity contribution in [3.8, 4) is 5.75 Å². The molecule has 156 valence electrons. The Bertz CT molecular complexity index is 1060. The summed E-state index contributed by atoms with van der Waals surface area (Å²) < 4.78 is 14.8. The van der Waals surface area contributed by atoms with Crippen molar-refractivity contribution in [3.05, 3.63) is 58.1 Å². The number of hydrogen-bond acceptors (Lipinski definition) is 7. The molecular formula is C19H15ClN2O8. The van der Waals surface area contributed by atoms with Crippen molar-refractivity contribution in [1.82, 2.24) is 10.2 Å². The van der Waals surface area contributed by atoms with Gasteiger partial charge in [0.1, 0.15) is 17.2 Å². The van der Waals surface area contributed by atoms with Gasteiger partial charge in [-0.25, -0.2) is 14.4 Å². The van der Waals surface area contributed by atoms with Gasteiger partial charge in [0.25, 0.3) is 5.91 Å². The average Bonchev–Trinajstić information content (AvgIpc) is 3.27. The van der Waals surface area contributed by atoms with Crippen LogP contribution in [0, 0.1) is 0 Å². The number of urea groups is 1. The van der Waals surface area contributed by atoms with E-state index in [4.69, 9.17) is 25.9 Å². The van der Waals surface area contributed by atoms with Crippen LogP contribution in [-0.4, -0.2) is 47.6 Å². The van der Waals surface area contributed by atoms with Crippen LogP contribution >= 0.6 is 11.6 Å². The van der Waals surface area contributed by atoms with Gasteiger partial charge >= 0.3 is 18.0 Å². The maximum absolute atomic E-state index is 12.6. The number of amides is 3. The predicted molar refractivity (Wildman–Crippen MR) is 102 cm³/mol. The molecule has 0 spiro atoms. The molecule has 0 saturated carbocycles. The lowest BCUT2D eigenvalue weighted by Gasteiger charge is -2.09. The molecular weight excluding hydrogens is 420 g/mol. The van der Waals surface area contributed by atoms with Crippen molar-refractivity contribution < 1.29 is 38.2 Å². The highest BCUT2D eigenvalue weighted by Crippen LogP contribution is 2.27. The van der Waals surface area contributed by atoms with Crippen LogP contribution in [-0.2, 0) is 20.9 Å². The number of carboxylic acids is 1. The second-order valence-corrected chi connectivity index (χ2v) is 6.42. The average molecular weight is 435 g/mol. The summed E-state index contributed by atoms with van der Waals surface area (Å²) in [5.74, 6) is -2.07. The first kappa shape index (κ1) is 20.9. The maximum atomic E-state index is 12.6. The van der Waals surface area contributed by atoms with Crippen LogP contribution in [0.25, 0.3) is 6.08 Å². The van der Waals surface area contributed by atoms with Gasteiger partial charge in [-0.3, -0.25) is 9.69 Å². The Morgan fingerprint density at radius 1 is 1.27 bits per heavy atom. The number of carbonyl (C=O) groups excluding carboxylic acids is 3. The minimum Gasteiger partial charge on any atom is -0.480 e. The SMILES string of the molecule is COC(=O)c1ccc(CN2C(=O)NC(=Cc3ccc(OCC(=O)O)c(Cl)c3)C2=O)o1. The van der Waals surface area contributed by atoms with Crippen molar-refractivity contribution in [2.24, 2.45) is 0 Å². The van der Waals surface area contributed by atoms with E-state index in [0.717, 1.165) is 4.90 Å². The number of rotatable bonds is 7. The molecule has 1 saturated heterocycles. The van der Waals surface area contributed by atoms with Crippen molar-refractivity contribution in [1.29, 1.82) is 0 Å². The molecule has 3 rings (SSSR count). The fourth-order valence-electron chi connectivity index (χ4n) is 2.57. The van der Waals surface area contributed by atoms with E-state index in [1.807, 2.05) is 0 Å². The number of benzene rings is 1. The lowest BCUT2D eigenvalue weighted by atomic mass is 10.2. The molecule has 0 radical (unpaired) electrons. The van der Waals surface area contributed by atoms with Crippen molar-refractivity contribution >= 4 is 41.6 Å². The number of esters is 1. The number of carboxylic acid groups (broad SMARTS) is 1. The summed E-state index contributed by atoms with van der Waals surface area (Å²) in [5.41, 5.74) is 0.495. The predicted octanol–water partition coefficient (Wildman–Crippen LogP) is 2.28. The highest BCUT2D eigenvalue weighted by atomic mass is 35.5. The third-order valence-corrected chi connectivity index (χ3v) is 4.24. The summed E-state index contributed by atoms with van der Waals surface area (Å²) in [4.78, 5) is 47.7. The van der Waals surface area contributed by atoms with E-state index in [2.05, 4.69) is 10.1 Å². The number of imide groups is 1. The zero-order valence-electron chi connectivity index (χ0n) is 15.5. The largest absolute Gasteiger partial charge is 0.480 e. The van der Waals surface area contributed by atoms with Gasteiger partial charge in [-0.1, -0.05) is 17.7 Å². The van der Waals surface area contributed by atoms with E-state index >= 15 is 0 Å². The summed E-state index contributed by atoms with van der Waals surface area (Å²) in [7, 11) is 1.20. The number of nitrogens with one attached hydrogen (secondary N) is 1. The number of halogens is 1. The number of carbonyl (C=O) groups is 4. The van der Waals surface area contributed by atoms with E-state index in [-0.39, 0.29) is 34.5 Å². The van der Waals surface area contributed by atoms with Crippen molar-refractivity contribution in [3.63, 3.8) is 0 Å². The second-order valence-electron chi connectivity index (χ2n) is 6.01. The number of furan rings is 1. The summed E-state index contributed by atoms with van der Waals surface area (Å²) in [6.07, 6.45) is 1.41. The van der Waals surface area contributed by atoms with Crippen molar-refractivity contribution in [2.75, 3.05) is 13.7 Å². The molecule has 0 unspecified atom stereocenters. The molecule has 2 aromatic rings. The highest BCUT2D eigenvalue weighted by molar-refractivity contribution is 6.32. The Balaban J connectivity index is 1.73. The van der Waals surface area contributed by atoms with Gasteiger partial charge in [-0.2, -0.15) is 0 Å². The number of methoxy groups -OCH3 is 1. The molecule has 0 bridgehead atoms. The maximum Gasteiger partial charge on any atom is 0.373 e. The highest BCUT2D eigenvalue weighted by Gasteiger charge is 2.34. The standard InChI is InChI=1S/C19H15ClN2O8/c1-28-18(26)15-5-3-11(30-15)8-22-17(25)13(21-19(22)27)7-10-2-4-14(12(20)6-10)29-9-16(23)24/h2-7H,8-9H2,1H3,(H,21,27)(H,23,24). The molecule has 1 aromatic carbocycles. The third kappa shape index (κ3) is 4.61. The Kier molecular flexibility index (Phi) is 6.07. The van der Waals surface area contributed by atoms with Gasteiger partial charge < -0.3 is 24.3 Å². The van der Waals surface area contributed by atoms with E-state index in [0.29, 0.717) is 5.56 Å².